The summed E-state index contributed by atoms with van der Waals surface area (Å²) in [4.78, 5) is 42.4. The number of benzene rings is 1. The lowest BCUT2D eigenvalue weighted by molar-refractivity contribution is -0.125. The summed E-state index contributed by atoms with van der Waals surface area (Å²) in [5.74, 6) is -1.15. The summed E-state index contributed by atoms with van der Waals surface area (Å²) in [5, 5.41) is 5.63. The minimum absolute atomic E-state index is 0.0365. The van der Waals surface area contributed by atoms with E-state index in [0.717, 1.165) is 24.2 Å². The van der Waals surface area contributed by atoms with Crippen molar-refractivity contribution < 1.29 is 27.9 Å². The first-order chi connectivity index (χ1) is 18.4. The topological polar surface area (TPSA) is 91.0 Å². The van der Waals surface area contributed by atoms with Gasteiger partial charge in [0.15, 0.2) is 0 Å². The van der Waals surface area contributed by atoms with Crippen LogP contribution in [0.25, 0.3) is 0 Å². The van der Waals surface area contributed by atoms with Crippen molar-refractivity contribution in [3.8, 4) is 0 Å². The first kappa shape index (κ1) is 29.4. The van der Waals surface area contributed by atoms with Crippen LogP contribution >= 0.6 is 22.9 Å². The number of alkyl halides is 2. The predicted octanol–water partition coefficient (Wildman–Crippen LogP) is 4.95. The van der Waals surface area contributed by atoms with Crippen molar-refractivity contribution >= 4 is 52.0 Å². The standard InChI is InChI=1S/C27H33ClF2N4O4S/c1-27(2,3)15-34(17-5-6-17)20(13-31-26(37)21-8-9-22(28)39-21)25(36)32-16-4-7-19(18(12-16)24(29)30)33-10-11-38-14-23(33)35/h4,7-9,12,17,20,24H,5-6,10-11,13-15H2,1-3H3,(H,31,37)(H,32,36)/t20-/m1/s1. The van der Waals surface area contributed by atoms with Crippen molar-refractivity contribution in [2.24, 2.45) is 5.41 Å². The summed E-state index contributed by atoms with van der Waals surface area (Å²) in [6.07, 6.45) is -0.984. The fraction of sp³-hybridized carbons (Fsp3) is 0.519. The van der Waals surface area contributed by atoms with Crippen LogP contribution in [-0.2, 0) is 14.3 Å². The van der Waals surface area contributed by atoms with Crippen LogP contribution in [-0.4, -0.2) is 67.6 Å². The van der Waals surface area contributed by atoms with Crippen molar-refractivity contribution in [3.05, 3.63) is 45.1 Å². The molecule has 0 radical (unpaired) electrons. The Morgan fingerprint density at radius 2 is 1.97 bits per heavy atom. The number of nitrogens with zero attached hydrogens (tertiary/aromatic N) is 2. The Bertz CT molecular complexity index is 1210. The highest BCUT2D eigenvalue weighted by Crippen LogP contribution is 2.35. The quantitative estimate of drug-likeness (QED) is 0.414. The minimum Gasteiger partial charge on any atom is -0.370 e. The van der Waals surface area contributed by atoms with Gasteiger partial charge < -0.3 is 20.3 Å². The third kappa shape index (κ3) is 7.75. The van der Waals surface area contributed by atoms with Gasteiger partial charge in [-0.15, -0.1) is 11.3 Å². The minimum atomic E-state index is -2.86. The zero-order valence-electron chi connectivity index (χ0n) is 22.1. The van der Waals surface area contributed by atoms with E-state index >= 15 is 0 Å². The van der Waals surface area contributed by atoms with Gasteiger partial charge in [-0.3, -0.25) is 19.3 Å². The molecule has 4 rings (SSSR count). The lowest BCUT2D eigenvalue weighted by Gasteiger charge is -2.36. The molecule has 2 N–H and O–H groups in total. The van der Waals surface area contributed by atoms with E-state index in [1.165, 1.54) is 23.1 Å². The molecule has 1 aromatic carbocycles. The molecule has 0 spiro atoms. The number of nitrogens with one attached hydrogen (secondary N) is 2. The Balaban J connectivity index is 1.56. The van der Waals surface area contributed by atoms with Crippen LogP contribution in [0.3, 0.4) is 0 Å². The van der Waals surface area contributed by atoms with Crippen LogP contribution in [0.2, 0.25) is 4.34 Å². The number of carbonyl (C=O) groups excluding carboxylic acids is 3. The molecule has 2 heterocycles. The maximum absolute atomic E-state index is 14.0. The van der Waals surface area contributed by atoms with Crippen molar-refractivity contribution in [3.63, 3.8) is 0 Å². The van der Waals surface area contributed by atoms with Gasteiger partial charge in [0, 0.05) is 36.9 Å². The fourth-order valence-corrected chi connectivity index (χ4v) is 5.53. The molecular weight excluding hydrogens is 550 g/mol. The van der Waals surface area contributed by atoms with Crippen molar-refractivity contribution in [1.82, 2.24) is 10.2 Å². The second-order valence-corrected chi connectivity index (χ2v) is 12.7. The van der Waals surface area contributed by atoms with Crippen LogP contribution in [0.1, 0.15) is 55.3 Å². The number of halogens is 3. The number of rotatable bonds is 10. The fourth-order valence-electron chi connectivity index (χ4n) is 4.57. The van der Waals surface area contributed by atoms with E-state index in [4.69, 9.17) is 16.3 Å². The molecule has 1 atom stereocenters. The summed E-state index contributed by atoms with van der Waals surface area (Å²) in [7, 11) is 0. The van der Waals surface area contributed by atoms with Gasteiger partial charge in [0.25, 0.3) is 18.2 Å². The van der Waals surface area contributed by atoms with Gasteiger partial charge in [0.1, 0.15) is 12.6 Å². The zero-order valence-corrected chi connectivity index (χ0v) is 23.7. The first-order valence-electron chi connectivity index (χ1n) is 12.8. The molecule has 2 aliphatic rings. The average Bonchev–Trinajstić information content (AvgIpc) is 3.62. The van der Waals surface area contributed by atoms with E-state index in [0.29, 0.717) is 15.8 Å². The molecule has 0 unspecified atom stereocenters. The number of hydrogen-bond acceptors (Lipinski definition) is 6. The zero-order chi connectivity index (χ0) is 28.3. The molecule has 3 amide bonds. The van der Waals surface area contributed by atoms with Gasteiger partial charge >= 0.3 is 0 Å². The van der Waals surface area contributed by atoms with Gasteiger partial charge in [-0.25, -0.2) is 8.78 Å². The number of thiophene rings is 1. The summed E-state index contributed by atoms with van der Waals surface area (Å²) in [6, 6.07) is 6.86. The Kier molecular flexibility index (Phi) is 9.25. The number of morpholine rings is 1. The van der Waals surface area contributed by atoms with Gasteiger partial charge in [0.2, 0.25) is 5.91 Å². The average molecular weight is 583 g/mol. The second-order valence-electron chi connectivity index (χ2n) is 11.0. The van der Waals surface area contributed by atoms with Gasteiger partial charge in [-0.2, -0.15) is 0 Å². The van der Waals surface area contributed by atoms with Crippen LogP contribution in [0, 0.1) is 5.41 Å². The summed E-state index contributed by atoms with van der Waals surface area (Å²) in [5.41, 5.74) is -0.187. The van der Waals surface area contributed by atoms with Crippen LogP contribution in [0.15, 0.2) is 30.3 Å². The molecule has 1 aliphatic carbocycles. The van der Waals surface area contributed by atoms with E-state index in [1.54, 1.807) is 12.1 Å². The number of anilines is 2. The van der Waals surface area contributed by atoms with E-state index < -0.39 is 24.3 Å². The van der Waals surface area contributed by atoms with Crippen LogP contribution in [0.5, 0.6) is 0 Å². The molecule has 39 heavy (non-hydrogen) atoms. The molecule has 1 aromatic heterocycles. The molecular formula is C27H33ClF2N4O4S. The first-order valence-corrected chi connectivity index (χ1v) is 14.0. The normalized spacial score (nSPS) is 17.0. The Morgan fingerprint density at radius 1 is 1.23 bits per heavy atom. The molecule has 8 nitrogen and oxygen atoms in total. The van der Waals surface area contributed by atoms with E-state index in [2.05, 4.69) is 36.3 Å². The maximum Gasteiger partial charge on any atom is 0.265 e. The highest BCUT2D eigenvalue weighted by Gasteiger charge is 2.39. The number of amides is 3. The lowest BCUT2D eigenvalue weighted by atomic mass is 9.95. The number of carbonyl (C=O) groups is 3. The van der Waals surface area contributed by atoms with Gasteiger partial charge in [-0.1, -0.05) is 32.4 Å². The maximum atomic E-state index is 14.0. The molecule has 2 fully saturated rings. The van der Waals surface area contributed by atoms with Crippen molar-refractivity contribution in [2.75, 3.05) is 43.1 Å². The van der Waals surface area contributed by atoms with Crippen molar-refractivity contribution in [1.29, 1.82) is 0 Å². The van der Waals surface area contributed by atoms with Crippen LogP contribution < -0.4 is 15.5 Å². The monoisotopic (exact) mass is 582 g/mol. The lowest BCUT2D eigenvalue weighted by Crippen LogP contribution is -2.53. The molecule has 1 saturated carbocycles. The highest BCUT2D eigenvalue weighted by molar-refractivity contribution is 7.18. The number of hydrogen-bond donors (Lipinski definition) is 2. The second kappa shape index (κ2) is 12.3. The molecule has 12 heteroatoms. The molecule has 0 bridgehead atoms. The van der Waals surface area contributed by atoms with Crippen LogP contribution in [0.4, 0.5) is 20.2 Å². The third-order valence-corrected chi connectivity index (χ3v) is 7.67. The molecule has 1 saturated heterocycles. The largest absolute Gasteiger partial charge is 0.370 e. The van der Waals surface area contributed by atoms with E-state index in [1.807, 2.05) is 0 Å². The smallest absolute Gasteiger partial charge is 0.265 e. The predicted molar refractivity (Wildman–Crippen MR) is 148 cm³/mol. The Morgan fingerprint density at radius 3 is 2.56 bits per heavy atom. The Labute approximate surface area is 235 Å². The molecule has 212 valence electrons. The summed E-state index contributed by atoms with van der Waals surface area (Å²) >= 11 is 7.11. The van der Waals surface area contributed by atoms with Crippen molar-refractivity contribution in [2.45, 2.75) is 52.1 Å². The third-order valence-electron chi connectivity index (χ3n) is 6.44. The number of ether oxygens (including phenoxy) is 1. The van der Waals surface area contributed by atoms with E-state index in [9.17, 15) is 23.2 Å². The Hall–Kier alpha value is -2.60. The summed E-state index contributed by atoms with van der Waals surface area (Å²) in [6.45, 7) is 7.12. The van der Waals surface area contributed by atoms with Gasteiger partial charge in [0.05, 0.1) is 21.5 Å². The molecule has 2 aromatic rings. The molecule has 1 aliphatic heterocycles. The van der Waals surface area contributed by atoms with E-state index in [-0.39, 0.29) is 60.6 Å². The highest BCUT2D eigenvalue weighted by atomic mass is 35.5. The SMILES string of the molecule is CC(C)(C)CN(C1CC1)[C@H](CNC(=O)c1ccc(Cl)s1)C(=O)Nc1ccc(N2CCOCC2=O)c(C(F)F)c1. The summed E-state index contributed by atoms with van der Waals surface area (Å²) < 4.78 is 33.7. The van der Waals surface area contributed by atoms with Gasteiger partial charge in [-0.05, 0) is 48.6 Å².